The van der Waals surface area contributed by atoms with Crippen molar-refractivity contribution in [2.24, 2.45) is 0 Å². The molecule has 1 atom stereocenters. The van der Waals surface area contributed by atoms with Crippen LogP contribution in [0.15, 0.2) is 24.3 Å². The lowest BCUT2D eigenvalue weighted by molar-refractivity contribution is -0.000281. The van der Waals surface area contributed by atoms with Gasteiger partial charge in [-0.3, -0.25) is 0 Å². The molecule has 13 heavy (non-hydrogen) atoms. The van der Waals surface area contributed by atoms with Crippen molar-refractivity contribution in [1.29, 1.82) is 0 Å². The second-order valence-corrected chi connectivity index (χ2v) is 3.11. The molecule has 72 valence electrons. The summed E-state index contributed by atoms with van der Waals surface area (Å²) in [6.07, 6.45) is -0.759. The Morgan fingerprint density at radius 3 is 2.15 bits per heavy atom. The standard InChI is InChI=1S/C10H15NO2/c1-8(12)13-10-6-4-9(5-7-10)11(2)3/h4-8,12H,1-3H3. The Balaban J connectivity index is 2.70. The Hall–Kier alpha value is -1.22. The van der Waals surface area contributed by atoms with Crippen LogP contribution in [0.3, 0.4) is 0 Å². The largest absolute Gasteiger partial charge is 0.465 e. The summed E-state index contributed by atoms with van der Waals surface area (Å²) in [5.41, 5.74) is 1.11. The molecule has 0 aromatic heterocycles. The van der Waals surface area contributed by atoms with Gasteiger partial charge in [-0.05, 0) is 31.2 Å². The fourth-order valence-corrected chi connectivity index (χ4v) is 1.02. The number of aliphatic hydroxyl groups is 1. The molecule has 0 saturated carbocycles. The first-order valence-electron chi connectivity index (χ1n) is 4.21. The molecule has 0 saturated heterocycles. The van der Waals surface area contributed by atoms with Crippen molar-refractivity contribution >= 4 is 5.69 Å². The topological polar surface area (TPSA) is 32.7 Å². The summed E-state index contributed by atoms with van der Waals surface area (Å²) in [4.78, 5) is 2.01. The van der Waals surface area contributed by atoms with E-state index in [4.69, 9.17) is 9.84 Å². The first-order valence-corrected chi connectivity index (χ1v) is 4.21. The number of aliphatic hydroxyl groups excluding tert-OH is 1. The molecule has 1 unspecified atom stereocenters. The number of nitrogens with zero attached hydrogens (tertiary/aromatic N) is 1. The zero-order valence-corrected chi connectivity index (χ0v) is 8.19. The maximum absolute atomic E-state index is 8.95. The van der Waals surface area contributed by atoms with E-state index in [1.807, 2.05) is 43.3 Å². The Morgan fingerprint density at radius 1 is 1.23 bits per heavy atom. The lowest BCUT2D eigenvalue weighted by Crippen LogP contribution is -2.10. The molecule has 0 spiro atoms. The molecule has 0 bridgehead atoms. The molecule has 3 heteroatoms. The van der Waals surface area contributed by atoms with Crippen LogP contribution in [0.4, 0.5) is 5.69 Å². The molecule has 1 N–H and O–H groups in total. The molecule has 0 amide bonds. The predicted octanol–water partition coefficient (Wildman–Crippen LogP) is 1.47. The number of ether oxygens (including phenoxy) is 1. The summed E-state index contributed by atoms with van der Waals surface area (Å²) in [5, 5.41) is 8.95. The average molecular weight is 181 g/mol. The quantitative estimate of drug-likeness (QED) is 0.717. The van der Waals surface area contributed by atoms with Crippen molar-refractivity contribution in [2.75, 3.05) is 19.0 Å². The third-order valence-electron chi connectivity index (χ3n) is 1.66. The molecular weight excluding hydrogens is 166 g/mol. The van der Waals surface area contributed by atoms with Gasteiger partial charge in [-0.1, -0.05) is 0 Å². The SMILES string of the molecule is CC(O)Oc1ccc(N(C)C)cc1. The van der Waals surface area contributed by atoms with E-state index >= 15 is 0 Å². The van der Waals surface area contributed by atoms with Crippen molar-refractivity contribution in [3.05, 3.63) is 24.3 Å². The highest BCUT2D eigenvalue weighted by atomic mass is 16.6. The van der Waals surface area contributed by atoms with Crippen molar-refractivity contribution in [3.63, 3.8) is 0 Å². The molecule has 0 aliphatic rings. The van der Waals surface area contributed by atoms with Crippen LogP contribution in [0.25, 0.3) is 0 Å². The van der Waals surface area contributed by atoms with Gasteiger partial charge in [-0.15, -0.1) is 0 Å². The highest BCUT2D eigenvalue weighted by Crippen LogP contribution is 2.17. The number of anilines is 1. The van der Waals surface area contributed by atoms with Crippen molar-refractivity contribution < 1.29 is 9.84 Å². The lowest BCUT2D eigenvalue weighted by atomic mass is 10.3. The normalized spacial score (nSPS) is 12.3. The fourth-order valence-electron chi connectivity index (χ4n) is 1.02. The molecule has 1 aromatic carbocycles. The van der Waals surface area contributed by atoms with Crippen molar-refractivity contribution in [1.82, 2.24) is 0 Å². The van der Waals surface area contributed by atoms with Gasteiger partial charge in [-0.25, -0.2) is 0 Å². The van der Waals surface area contributed by atoms with Crippen molar-refractivity contribution in [3.8, 4) is 5.75 Å². The predicted molar refractivity (Wildman–Crippen MR) is 53.1 cm³/mol. The van der Waals surface area contributed by atoms with Crippen LogP contribution in [0.1, 0.15) is 6.92 Å². The number of benzene rings is 1. The van der Waals surface area contributed by atoms with Crippen LogP contribution in [0.2, 0.25) is 0 Å². The van der Waals surface area contributed by atoms with Crippen LogP contribution in [-0.2, 0) is 0 Å². The van der Waals surface area contributed by atoms with Gasteiger partial charge in [0.15, 0.2) is 6.29 Å². The summed E-state index contributed by atoms with van der Waals surface area (Å²) in [6.45, 7) is 1.58. The van der Waals surface area contributed by atoms with Gasteiger partial charge in [0.05, 0.1) is 0 Å². The molecule has 0 radical (unpaired) electrons. The molecule has 1 aromatic rings. The van der Waals surface area contributed by atoms with Crippen LogP contribution in [0, 0.1) is 0 Å². The Bertz CT molecular complexity index is 254. The minimum absolute atomic E-state index is 0.681. The van der Waals surface area contributed by atoms with Crippen LogP contribution < -0.4 is 9.64 Å². The minimum atomic E-state index is -0.759. The summed E-state index contributed by atoms with van der Waals surface area (Å²) >= 11 is 0. The van der Waals surface area contributed by atoms with E-state index in [1.165, 1.54) is 0 Å². The zero-order valence-electron chi connectivity index (χ0n) is 8.19. The summed E-state index contributed by atoms with van der Waals surface area (Å²) in [6, 6.07) is 7.56. The lowest BCUT2D eigenvalue weighted by Gasteiger charge is -2.13. The average Bonchev–Trinajstić information content (AvgIpc) is 2.04. The maximum atomic E-state index is 8.95. The maximum Gasteiger partial charge on any atom is 0.194 e. The van der Waals surface area contributed by atoms with Crippen LogP contribution in [-0.4, -0.2) is 25.5 Å². The summed E-state index contributed by atoms with van der Waals surface area (Å²) in [5.74, 6) is 0.681. The molecule has 0 heterocycles. The van der Waals surface area contributed by atoms with Gasteiger partial charge < -0.3 is 14.7 Å². The molecule has 0 aliphatic carbocycles. The zero-order chi connectivity index (χ0) is 9.84. The number of hydrogen-bond donors (Lipinski definition) is 1. The highest BCUT2D eigenvalue weighted by molar-refractivity contribution is 5.47. The molecule has 3 nitrogen and oxygen atoms in total. The van der Waals surface area contributed by atoms with E-state index in [0.717, 1.165) is 5.69 Å². The summed E-state index contributed by atoms with van der Waals surface area (Å²) < 4.78 is 5.09. The van der Waals surface area contributed by atoms with Gasteiger partial charge in [0.2, 0.25) is 0 Å². The van der Waals surface area contributed by atoms with E-state index < -0.39 is 6.29 Å². The van der Waals surface area contributed by atoms with Gasteiger partial charge in [0, 0.05) is 19.8 Å². The Labute approximate surface area is 78.6 Å². The molecule has 0 aliphatic heterocycles. The third-order valence-corrected chi connectivity index (χ3v) is 1.66. The first kappa shape index (κ1) is 9.86. The van der Waals surface area contributed by atoms with Crippen molar-refractivity contribution in [2.45, 2.75) is 13.2 Å². The van der Waals surface area contributed by atoms with Gasteiger partial charge in [0.1, 0.15) is 5.75 Å². The third kappa shape index (κ3) is 2.95. The van der Waals surface area contributed by atoms with E-state index in [-0.39, 0.29) is 0 Å². The molecular formula is C10H15NO2. The Morgan fingerprint density at radius 2 is 1.77 bits per heavy atom. The smallest absolute Gasteiger partial charge is 0.194 e. The minimum Gasteiger partial charge on any atom is -0.465 e. The van der Waals surface area contributed by atoms with Gasteiger partial charge in [-0.2, -0.15) is 0 Å². The fraction of sp³-hybridized carbons (Fsp3) is 0.400. The van der Waals surface area contributed by atoms with E-state index in [9.17, 15) is 0 Å². The van der Waals surface area contributed by atoms with Crippen LogP contribution >= 0.6 is 0 Å². The molecule has 0 fully saturated rings. The number of hydrogen-bond acceptors (Lipinski definition) is 3. The van der Waals surface area contributed by atoms with Gasteiger partial charge in [0.25, 0.3) is 0 Å². The molecule has 1 rings (SSSR count). The second-order valence-electron chi connectivity index (χ2n) is 3.11. The Kier molecular flexibility index (Phi) is 3.14. The number of rotatable bonds is 3. The second kappa shape index (κ2) is 4.14. The monoisotopic (exact) mass is 181 g/mol. The van der Waals surface area contributed by atoms with E-state index in [1.54, 1.807) is 6.92 Å². The summed E-state index contributed by atoms with van der Waals surface area (Å²) in [7, 11) is 3.95. The van der Waals surface area contributed by atoms with E-state index in [0.29, 0.717) is 5.75 Å². The highest BCUT2D eigenvalue weighted by Gasteiger charge is 1.99. The first-order chi connectivity index (χ1) is 6.09. The van der Waals surface area contributed by atoms with E-state index in [2.05, 4.69) is 0 Å². The van der Waals surface area contributed by atoms with Crippen LogP contribution in [0.5, 0.6) is 5.75 Å². The van der Waals surface area contributed by atoms with Gasteiger partial charge >= 0.3 is 0 Å².